The summed E-state index contributed by atoms with van der Waals surface area (Å²) in [5.41, 5.74) is 0.881. The molecule has 0 bridgehead atoms. The van der Waals surface area contributed by atoms with E-state index in [-0.39, 0.29) is 25.5 Å². The number of rotatable bonds is 7. The van der Waals surface area contributed by atoms with Gasteiger partial charge in [0.2, 0.25) is 5.91 Å². The van der Waals surface area contributed by atoms with E-state index < -0.39 is 24.0 Å². The number of aliphatic carboxylic acids is 1. The Morgan fingerprint density at radius 1 is 1.29 bits per heavy atom. The van der Waals surface area contributed by atoms with Crippen LogP contribution >= 0.6 is 0 Å². The quantitative estimate of drug-likeness (QED) is 0.477. The van der Waals surface area contributed by atoms with Gasteiger partial charge in [0.25, 0.3) is 0 Å². The molecule has 1 aliphatic heterocycles. The highest BCUT2D eigenvalue weighted by Crippen LogP contribution is 2.16. The lowest BCUT2D eigenvalue weighted by atomic mass is 9.93. The zero-order valence-corrected chi connectivity index (χ0v) is 11.2. The highest BCUT2D eigenvalue weighted by Gasteiger charge is 2.40. The number of carboxylic acid groups (broad SMARTS) is 1. The highest BCUT2D eigenvalue weighted by atomic mass is 16.5. The molecule has 0 spiro atoms. The molecular weight excluding hydrogens is 276 g/mol. The first-order chi connectivity index (χ1) is 10.1. The zero-order valence-electron chi connectivity index (χ0n) is 11.2. The fourth-order valence-electron chi connectivity index (χ4n) is 1.99. The number of benzene rings is 1. The number of hydrogen-bond donors (Lipinski definition) is 3. The van der Waals surface area contributed by atoms with Crippen LogP contribution in [0.25, 0.3) is 0 Å². The van der Waals surface area contributed by atoms with Gasteiger partial charge in [0.1, 0.15) is 6.61 Å². The Bertz CT molecular complexity index is 531. The maximum Gasteiger partial charge on any atom is 0.320 e. The van der Waals surface area contributed by atoms with Gasteiger partial charge in [-0.3, -0.25) is 19.7 Å². The second-order valence-electron chi connectivity index (χ2n) is 4.72. The molecule has 2 atom stereocenters. The van der Waals surface area contributed by atoms with E-state index >= 15 is 0 Å². The Labute approximate surface area is 121 Å². The number of ether oxygens (including phenoxy) is 1. The molecule has 2 unspecified atom stereocenters. The number of carbonyl (C=O) groups is 3. The van der Waals surface area contributed by atoms with Crippen molar-refractivity contribution < 1.29 is 24.2 Å². The molecule has 1 aliphatic rings. The first-order valence-electron chi connectivity index (χ1n) is 6.51. The zero-order chi connectivity index (χ0) is 15.2. The van der Waals surface area contributed by atoms with Crippen molar-refractivity contribution in [3.05, 3.63) is 35.9 Å². The van der Waals surface area contributed by atoms with Crippen molar-refractivity contribution in [1.29, 1.82) is 0 Å². The minimum Gasteiger partial charge on any atom is -0.481 e. The largest absolute Gasteiger partial charge is 0.481 e. The van der Waals surface area contributed by atoms with Gasteiger partial charge in [0.15, 0.2) is 0 Å². The molecule has 7 heteroatoms. The summed E-state index contributed by atoms with van der Waals surface area (Å²) in [4.78, 5) is 33.4. The molecule has 3 N–H and O–H groups in total. The average molecular weight is 292 g/mol. The molecule has 1 aromatic carbocycles. The molecule has 0 radical (unpaired) electrons. The van der Waals surface area contributed by atoms with E-state index in [1.807, 2.05) is 30.3 Å². The van der Waals surface area contributed by atoms with Crippen molar-refractivity contribution in [3.8, 4) is 0 Å². The van der Waals surface area contributed by atoms with Crippen LogP contribution in [0.4, 0.5) is 0 Å². The van der Waals surface area contributed by atoms with E-state index in [0.29, 0.717) is 0 Å². The van der Waals surface area contributed by atoms with Gasteiger partial charge >= 0.3 is 11.9 Å². The van der Waals surface area contributed by atoms with Crippen LogP contribution in [0.15, 0.2) is 30.3 Å². The van der Waals surface area contributed by atoms with E-state index in [9.17, 15) is 14.4 Å². The number of β-lactam (4-membered cyclic amide) rings is 1. The van der Waals surface area contributed by atoms with Gasteiger partial charge in [-0.05, 0) is 5.56 Å². The summed E-state index contributed by atoms with van der Waals surface area (Å²) in [6.45, 7) is 0.0881. The van der Waals surface area contributed by atoms with Crippen LogP contribution in [-0.2, 0) is 25.7 Å². The SMILES string of the molecule is O=C(O)CC1C(=O)NC1NCC(=O)OCc1ccccc1. The van der Waals surface area contributed by atoms with E-state index in [4.69, 9.17) is 9.84 Å². The van der Waals surface area contributed by atoms with Gasteiger partial charge in [-0.15, -0.1) is 0 Å². The minimum absolute atomic E-state index is 0.0894. The molecule has 1 fully saturated rings. The Balaban J connectivity index is 1.69. The summed E-state index contributed by atoms with van der Waals surface area (Å²) in [5.74, 6) is -2.49. The smallest absolute Gasteiger partial charge is 0.320 e. The molecule has 112 valence electrons. The number of hydrogen-bond acceptors (Lipinski definition) is 5. The molecular formula is C14H16N2O5. The number of amides is 1. The average Bonchev–Trinajstić information content (AvgIpc) is 2.48. The first-order valence-corrected chi connectivity index (χ1v) is 6.51. The fraction of sp³-hybridized carbons (Fsp3) is 0.357. The van der Waals surface area contributed by atoms with Crippen molar-refractivity contribution in [1.82, 2.24) is 10.6 Å². The molecule has 0 aliphatic carbocycles. The van der Waals surface area contributed by atoms with Crippen molar-refractivity contribution in [2.24, 2.45) is 5.92 Å². The van der Waals surface area contributed by atoms with Gasteiger partial charge in [-0.25, -0.2) is 0 Å². The summed E-state index contributed by atoms with van der Waals surface area (Å²) in [6.07, 6.45) is -0.763. The van der Waals surface area contributed by atoms with Crippen LogP contribution < -0.4 is 10.6 Å². The predicted molar refractivity (Wildman–Crippen MR) is 71.9 cm³/mol. The Morgan fingerprint density at radius 3 is 2.62 bits per heavy atom. The Morgan fingerprint density at radius 2 is 2.00 bits per heavy atom. The van der Waals surface area contributed by atoms with Crippen LogP contribution in [0.3, 0.4) is 0 Å². The fourth-order valence-corrected chi connectivity index (χ4v) is 1.99. The summed E-state index contributed by atoms with van der Waals surface area (Å²) < 4.78 is 5.06. The van der Waals surface area contributed by atoms with Gasteiger partial charge in [-0.1, -0.05) is 30.3 Å². The third-order valence-corrected chi connectivity index (χ3v) is 3.14. The standard InChI is InChI=1S/C14H16N2O5/c17-11(18)6-10-13(16-14(10)20)15-7-12(19)21-8-9-4-2-1-3-5-9/h1-5,10,13,15H,6-8H2,(H,16,20)(H,17,18). The van der Waals surface area contributed by atoms with Gasteiger partial charge in [-0.2, -0.15) is 0 Å². The first kappa shape index (κ1) is 15.0. The Kier molecular flexibility index (Phi) is 4.89. The molecule has 0 saturated carbocycles. The number of carboxylic acids is 1. The van der Waals surface area contributed by atoms with Gasteiger partial charge in [0, 0.05) is 0 Å². The third kappa shape index (κ3) is 4.28. The second-order valence-corrected chi connectivity index (χ2v) is 4.72. The maximum atomic E-state index is 11.6. The van der Waals surface area contributed by atoms with Crippen LogP contribution in [0.5, 0.6) is 0 Å². The lowest BCUT2D eigenvalue weighted by Gasteiger charge is -2.36. The summed E-state index contributed by atoms with van der Waals surface area (Å²) in [7, 11) is 0. The molecule has 7 nitrogen and oxygen atoms in total. The number of nitrogens with one attached hydrogen (secondary N) is 2. The van der Waals surface area contributed by atoms with Crippen molar-refractivity contribution in [2.75, 3.05) is 6.54 Å². The van der Waals surface area contributed by atoms with E-state index in [1.54, 1.807) is 0 Å². The number of esters is 1. The number of carbonyl (C=O) groups excluding carboxylic acids is 2. The van der Waals surface area contributed by atoms with Crippen molar-refractivity contribution in [2.45, 2.75) is 19.2 Å². The summed E-state index contributed by atoms with van der Waals surface area (Å²) in [6, 6.07) is 9.25. The van der Waals surface area contributed by atoms with Crippen molar-refractivity contribution >= 4 is 17.8 Å². The van der Waals surface area contributed by atoms with Crippen LogP contribution in [0.1, 0.15) is 12.0 Å². The summed E-state index contributed by atoms with van der Waals surface area (Å²) in [5, 5.41) is 14.0. The lowest BCUT2D eigenvalue weighted by molar-refractivity contribution is -0.149. The monoisotopic (exact) mass is 292 g/mol. The minimum atomic E-state index is -1.05. The second kappa shape index (κ2) is 6.85. The van der Waals surface area contributed by atoms with Crippen LogP contribution in [0.2, 0.25) is 0 Å². The van der Waals surface area contributed by atoms with Gasteiger partial charge < -0.3 is 15.2 Å². The van der Waals surface area contributed by atoms with Gasteiger partial charge in [0.05, 0.1) is 25.0 Å². The molecule has 1 aromatic rings. The van der Waals surface area contributed by atoms with E-state index in [0.717, 1.165) is 5.56 Å². The van der Waals surface area contributed by atoms with Crippen molar-refractivity contribution in [3.63, 3.8) is 0 Å². The van der Waals surface area contributed by atoms with Crippen LogP contribution in [0, 0.1) is 5.92 Å². The highest BCUT2D eigenvalue weighted by molar-refractivity contribution is 5.89. The third-order valence-electron chi connectivity index (χ3n) is 3.14. The van der Waals surface area contributed by atoms with Crippen LogP contribution in [-0.4, -0.2) is 35.7 Å². The molecule has 0 aromatic heterocycles. The Hall–Kier alpha value is -2.41. The topological polar surface area (TPSA) is 105 Å². The molecule has 21 heavy (non-hydrogen) atoms. The molecule has 1 heterocycles. The normalized spacial score (nSPS) is 20.3. The molecule has 2 rings (SSSR count). The molecule has 1 saturated heterocycles. The predicted octanol–water partition coefficient (Wildman–Crippen LogP) is -0.134. The van der Waals surface area contributed by atoms with E-state index in [2.05, 4.69) is 10.6 Å². The summed E-state index contributed by atoms with van der Waals surface area (Å²) >= 11 is 0. The van der Waals surface area contributed by atoms with E-state index in [1.165, 1.54) is 0 Å². The lowest BCUT2D eigenvalue weighted by Crippen LogP contribution is -2.65. The maximum absolute atomic E-state index is 11.6. The molecule has 1 amide bonds.